The molecule has 3 heteroatoms. The molecule has 0 unspecified atom stereocenters. The summed E-state index contributed by atoms with van der Waals surface area (Å²) in [5.41, 5.74) is 0.647. The molecule has 0 saturated heterocycles. The normalized spacial score (nSPS) is 17.5. The van der Waals surface area contributed by atoms with Crippen LogP contribution in [-0.4, -0.2) is 11.6 Å². The molecule has 0 aromatic carbocycles. The summed E-state index contributed by atoms with van der Waals surface area (Å²) in [6, 6.07) is 1.91. The average molecular weight is 149 g/mol. The van der Waals surface area contributed by atoms with Gasteiger partial charge in [-0.1, -0.05) is 0 Å². The zero-order chi connectivity index (χ0) is 8.27. The number of allylic oxidation sites excluding steroid dienone is 2. The first kappa shape index (κ1) is 7.67. The van der Waals surface area contributed by atoms with Gasteiger partial charge in [0.25, 0.3) is 0 Å². The number of nitriles is 1. The van der Waals surface area contributed by atoms with Crippen LogP contribution in [0.5, 0.6) is 0 Å². The van der Waals surface area contributed by atoms with Crippen LogP contribution in [0.2, 0.25) is 0 Å². The van der Waals surface area contributed by atoms with Gasteiger partial charge in [-0.25, -0.2) is 0 Å². The fraction of sp³-hybridized carbons (Fsp3) is 0.375. The van der Waals surface area contributed by atoms with Crippen molar-refractivity contribution in [2.75, 3.05) is 0 Å². The molecule has 0 aromatic heterocycles. The van der Waals surface area contributed by atoms with Crippen LogP contribution >= 0.6 is 0 Å². The molecule has 0 radical (unpaired) electrons. The SMILES string of the molecule is N#CCC1=CC(=O)CC(=O)C1. The van der Waals surface area contributed by atoms with Crippen molar-refractivity contribution in [3.8, 4) is 6.07 Å². The maximum absolute atomic E-state index is 10.8. The summed E-state index contributed by atoms with van der Waals surface area (Å²) in [6.45, 7) is 0. The lowest BCUT2D eigenvalue weighted by Gasteiger charge is -2.06. The number of rotatable bonds is 1. The second-order valence-corrected chi connectivity index (χ2v) is 2.50. The van der Waals surface area contributed by atoms with E-state index in [0.717, 1.165) is 0 Å². The monoisotopic (exact) mass is 149 g/mol. The largest absolute Gasteiger partial charge is 0.299 e. The van der Waals surface area contributed by atoms with Gasteiger partial charge >= 0.3 is 0 Å². The van der Waals surface area contributed by atoms with Crippen molar-refractivity contribution < 1.29 is 9.59 Å². The number of hydrogen-bond acceptors (Lipinski definition) is 3. The Morgan fingerprint density at radius 1 is 1.45 bits per heavy atom. The summed E-state index contributed by atoms with van der Waals surface area (Å²) in [5, 5.41) is 8.28. The Morgan fingerprint density at radius 3 is 2.73 bits per heavy atom. The Bertz CT molecular complexity index is 270. The lowest BCUT2D eigenvalue weighted by molar-refractivity contribution is -0.125. The van der Waals surface area contributed by atoms with Gasteiger partial charge in [0, 0.05) is 6.42 Å². The molecule has 0 amide bonds. The second kappa shape index (κ2) is 3.11. The van der Waals surface area contributed by atoms with Gasteiger partial charge in [0.05, 0.1) is 18.9 Å². The third kappa shape index (κ3) is 2.01. The number of nitrogens with zero attached hydrogens (tertiary/aromatic N) is 1. The number of hydrogen-bond donors (Lipinski definition) is 0. The molecule has 1 rings (SSSR count). The minimum atomic E-state index is -0.175. The summed E-state index contributed by atoms with van der Waals surface area (Å²) in [5.74, 6) is -0.255. The van der Waals surface area contributed by atoms with Crippen LogP contribution in [0.4, 0.5) is 0 Å². The molecule has 1 aliphatic rings. The topological polar surface area (TPSA) is 57.9 Å². The second-order valence-electron chi connectivity index (χ2n) is 2.50. The third-order valence-corrected chi connectivity index (χ3v) is 1.47. The van der Waals surface area contributed by atoms with Crippen LogP contribution in [0.3, 0.4) is 0 Å². The number of carbonyl (C=O) groups excluding carboxylic acids is 2. The van der Waals surface area contributed by atoms with Gasteiger partial charge in [-0.05, 0) is 11.6 Å². The molecule has 0 bridgehead atoms. The minimum absolute atomic E-state index is 0.00886. The zero-order valence-electron chi connectivity index (χ0n) is 5.96. The van der Waals surface area contributed by atoms with E-state index in [1.165, 1.54) is 6.08 Å². The lowest BCUT2D eigenvalue weighted by atomic mass is 9.96. The van der Waals surface area contributed by atoms with Gasteiger partial charge in [0.2, 0.25) is 0 Å². The molecule has 0 saturated carbocycles. The highest BCUT2D eigenvalue weighted by Crippen LogP contribution is 2.14. The Labute approximate surface area is 64.3 Å². The Hall–Kier alpha value is -1.43. The van der Waals surface area contributed by atoms with Gasteiger partial charge in [-0.3, -0.25) is 9.59 Å². The summed E-state index contributed by atoms with van der Waals surface area (Å²) < 4.78 is 0. The van der Waals surface area contributed by atoms with E-state index >= 15 is 0 Å². The molecular weight excluding hydrogens is 142 g/mol. The maximum atomic E-state index is 10.8. The summed E-state index contributed by atoms with van der Waals surface area (Å²) in [6.07, 6.45) is 1.89. The maximum Gasteiger partial charge on any atom is 0.163 e. The summed E-state index contributed by atoms with van der Waals surface area (Å²) in [7, 11) is 0. The zero-order valence-corrected chi connectivity index (χ0v) is 5.96. The van der Waals surface area contributed by atoms with E-state index in [1.54, 1.807) is 0 Å². The lowest BCUT2D eigenvalue weighted by Crippen LogP contribution is -2.12. The van der Waals surface area contributed by atoms with E-state index in [2.05, 4.69) is 0 Å². The molecule has 0 heterocycles. The van der Waals surface area contributed by atoms with E-state index in [0.29, 0.717) is 5.57 Å². The van der Waals surface area contributed by atoms with Gasteiger partial charge < -0.3 is 0 Å². The van der Waals surface area contributed by atoms with E-state index in [1.807, 2.05) is 6.07 Å². The van der Waals surface area contributed by atoms with Crippen molar-refractivity contribution in [2.24, 2.45) is 0 Å². The molecule has 0 N–H and O–H groups in total. The first-order valence-corrected chi connectivity index (χ1v) is 3.33. The van der Waals surface area contributed by atoms with Gasteiger partial charge in [-0.2, -0.15) is 5.26 Å². The van der Waals surface area contributed by atoms with Crippen LogP contribution in [0.15, 0.2) is 11.6 Å². The van der Waals surface area contributed by atoms with Crippen molar-refractivity contribution in [3.63, 3.8) is 0 Å². The molecule has 0 aromatic rings. The average Bonchev–Trinajstić information content (AvgIpc) is 1.85. The van der Waals surface area contributed by atoms with E-state index < -0.39 is 0 Å². The smallest absolute Gasteiger partial charge is 0.163 e. The fourth-order valence-corrected chi connectivity index (χ4v) is 1.05. The summed E-state index contributed by atoms with van der Waals surface area (Å²) in [4.78, 5) is 21.5. The molecule has 1 aliphatic carbocycles. The number of Topliss-reactive ketones (excluding diaryl/α,β-unsaturated/α-hetero) is 1. The molecule has 0 fully saturated rings. The summed E-state index contributed by atoms with van der Waals surface area (Å²) >= 11 is 0. The highest BCUT2D eigenvalue weighted by molar-refractivity contribution is 6.08. The number of carbonyl (C=O) groups is 2. The Kier molecular flexibility index (Phi) is 2.17. The quantitative estimate of drug-likeness (QED) is 0.517. The van der Waals surface area contributed by atoms with Crippen molar-refractivity contribution in [3.05, 3.63) is 11.6 Å². The molecular formula is C8H7NO2. The van der Waals surface area contributed by atoms with Crippen molar-refractivity contribution in [2.45, 2.75) is 19.3 Å². The highest BCUT2D eigenvalue weighted by Gasteiger charge is 2.16. The molecule has 3 nitrogen and oxygen atoms in total. The standard InChI is InChI=1S/C8H7NO2/c9-2-1-6-3-7(10)5-8(11)4-6/h3H,1,4-5H2. The molecule has 11 heavy (non-hydrogen) atoms. The van der Waals surface area contributed by atoms with Crippen LogP contribution in [0.1, 0.15) is 19.3 Å². The van der Waals surface area contributed by atoms with Crippen LogP contribution in [-0.2, 0) is 9.59 Å². The van der Waals surface area contributed by atoms with Gasteiger partial charge in [0.15, 0.2) is 5.78 Å². The molecule has 0 spiro atoms. The van der Waals surface area contributed by atoms with Crippen LogP contribution in [0, 0.1) is 11.3 Å². The predicted octanol–water partition coefficient (Wildman–Crippen LogP) is 0.758. The highest BCUT2D eigenvalue weighted by atomic mass is 16.1. The molecule has 56 valence electrons. The van der Waals surface area contributed by atoms with Crippen molar-refractivity contribution in [1.82, 2.24) is 0 Å². The Morgan fingerprint density at radius 2 is 2.18 bits per heavy atom. The predicted molar refractivity (Wildman–Crippen MR) is 37.6 cm³/mol. The molecule has 0 atom stereocenters. The van der Waals surface area contributed by atoms with Crippen LogP contribution < -0.4 is 0 Å². The fourth-order valence-electron chi connectivity index (χ4n) is 1.05. The van der Waals surface area contributed by atoms with Crippen molar-refractivity contribution >= 4 is 11.6 Å². The van der Waals surface area contributed by atoms with Crippen molar-refractivity contribution in [1.29, 1.82) is 5.26 Å². The van der Waals surface area contributed by atoms with Gasteiger partial charge in [-0.15, -0.1) is 0 Å². The van der Waals surface area contributed by atoms with Gasteiger partial charge in [0.1, 0.15) is 5.78 Å². The number of ketones is 2. The van der Waals surface area contributed by atoms with E-state index in [9.17, 15) is 9.59 Å². The van der Waals surface area contributed by atoms with E-state index in [4.69, 9.17) is 5.26 Å². The molecule has 0 aliphatic heterocycles. The Balaban J connectivity index is 2.73. The first-order valence-electron chi connectivity index (χ1n) is 3.33. The van der Waals surface area contributed by atoms with E-state index in [-0.39, 0.29) is 30.8 Å². The first-order chi connectivity index (χ1) is 5.22. The minimum Gasteiger partial charge on any atom is -0.299 e. The van der Waals surface area contributed by atoms with Crippen LogP contribution in [0.25, 0.3) is 0 Å². The third-order valence-electron chi connectivity index (χ3n) is 1.47.